The number of hydrogen-bond acceptors (Lipinski definition) is 3. The molecule has 4 nitrogen and oxygen atoms in total. The van der Waals surface area contributed by atoms with Crippen LogP contribution in [0.1, 0.15) is 13.8 Å². The van der Waals surface area contributed by atoms with Gasteiger partial charge in [0.2, 0.25) is 0 Å². The van der Waals surface area contributed by atoms with Crippen molar-refractivity contribution >= 4 is 11.9 Å². The fourth-order valence-electron chi connectivity index (χ4n) is 2.40. The predicted octanol–water partition coefficient (Wildman–Crippen LogP) is 2.87. The van der Waals surface area contributed by atoms with Crippen molar-refractivity contribution in [1.82, 2.24) is 0 Å². The van der Waals surface area contributed by atoms with Crippen LogP contribution in [0.4, 0.5) is 0 Å². The first kappa shape index (κ1) is 14.8. The van der Waals surface area contributed by atoms with Crippen LogP contribution in [-0.4, -0.2) is 24.2 Å². The summed E-state index contributed by atoms with van der Waals surface area (Å²) in [6.45, 7) is 3.73. The second-order valence-electron chi connectivity index (χ2n) is 4.79. The number of aliphatic carboxylic acids is 1. The van der Waals surface area contributed by atoms with E-state index in [2.05, 4.69) is 0 Å². The van der Waals surface area contributed by atoms with E-state index in [0.29, 0.717) is 5.57 Å². The van der Waals surface area contributed by atoms with Gasteiger partial charge in [0.25, 0.3) is 0 Å². The molecule has 2 aliphatic carbocycles. The van der Waals surface area contributed by atoms with Gasteiger partial charge in [-0.15, -0.1) is 0 Å². The fourth-order valence-corrected chi connectivity index (χ4v) is 2.40. The fraction of sp³-hybridized carbons (Fsp3) is 0.176. The van der Waals surface area contributed by atoms with E-state index in [9.17, 15) is 14.7 Å². The maximum Gasteiger partial charge on any atom is 0.339 e. The Morgan fingerprint density at radius 3 is 2.29 bits per heavy atom. The van der Waals surface area contributed by atoms with E-state index in [4.69, 9.17) is 4.74 Å². The van der Waals surface area contributed by atoms with Crippen molar-refractivity contribution in [3.05, 3.63) is 69.9 Å². The highest BCUT2D eigenvalue weighted by atomic mass is 16.5. The Bertz CT molecular complexity index is 694. The lowest BCUT2D eigenvalue weighted by atomic mass is 9.88. The molecule has 21 heavy (non-hydrogen) atoms. The number of fused-ring (bicyclic) bond motifs is 1. The average Bonchev–Trinajstić information content (AvgIpc) is 2.71. The van der Waals surface area contributed by atoms with Gasteiger partial charge in [-0.3, -0.25) is 0 Å². The van der Waals surface area contributed by atoms with Crippen molar-refractivity contribution in [2.45, 2.75) is 13.8 Å². The van der Waals surface area contributed by atoms with E-state index in [1.54, 1.807) is 6.08 Å². The molecule has 0 amide bonds. The molecule has 0 atom stereocenters. The molecule has 2 rings (SSSR count). The molecule has 0 saturated carbocycles. The Morgan fingerprint density at radius 1 is 1.00 bits per heavy atom. The first-order valence-electron chi connectivity index (χ1n) is 6.48. The first-order valence-corrected chi connectivity index (χ1v) is 6.48. The lowest BCUT2D eigenvalue weighted by Gasteiger charge is -2.16. The third-order valence-electron chi connectivity index (χ3n) is 3.45. The van der Waals surface area contributed by atoms with E-state index in [-0.39, 0.29) is 11.1 Å². The predicted molar refractivity (Wildman–Crippen MR) is 79.5 cm³/mol. The van der Waals surface area contributed by atoms with Crippen molar-refractivity contribution < 1.29 is 19.4 Å². The van der Waals surface area contributed by atoms with Gasteiger partial charge < -0.3 is 9.84 Å². The monoisotopic (exact) mass is 284 g/mol. The lowest BCUT2D eigenvalue weighted by molar-refractivity contribution is -0.138. The van der Waals surface area contributed by atoms with Crippen molar-refractivity contribution in [2.24, 2.45) is 0 Å². The number of esters is 1. The van der Waals surface area contributed by atoms with Gasteiger partial charge in [-0.25, -0.2) is 9.59 Å². The smallest absolute Gasteiger partial charge is 0.339 e. The molecule has 0 aromatic heterocycles. The molecule has 0 aromatic rings. The molecule has 0 heterocycles. The minimum atomic E-state index is -1.15. The molecule has 108 valence electrons. The van der Waals surface area contributed by atoms with Crippen LogP contribution in [0, 0.1) is 0 Å². The SMILES string of the molecule is COC(=O)C1=C2C(C)=CC=CC=C2C(C)=CC=C1C(=O)O. The Balaban J connectivity index is 2.87. The molecule has 4 heteroatoms. The largest absolute Gasteiger partial charge is 0.478 e. The summed E-state index contributed by atoms with van der Waals surface area (Å²) in [7, 11) is 1.25. The summed E-state index contributed by atoms with van der Waals surface area (Å²) in [5.41, 5.74) is 3.16. The summed E-state index contributed by atoms with van der Waals surface area (Å²) >= 11 is 0. The summed E-state index contributed by atoms with van der Waals surface area (Å²) in [5.74, 6) is -1.81. The van der Waals surface area contributed by atoms with Gasteiger partial charge in [-0.2, -0.15) is 0 Å². The number of rotatable bonds is 2. The number of ether oxygens (including phenoxy) is 1. The van der Waals surface area contributed by atoms with Crippen LogP contribution in [0.2, 0.25) is 0 Å². The molecule has 1 N–H and O–H groups in total. The van der Waals surface area contributed by atoms with Crippen molar-refractivity contribution in [3.8, 4) is 0 Å². The topological polar surface area (TPSA) is 63.6 Å². The van der Waals surface area contributed by atoms with E-state index >= 15 is 0 Å². The van der Waals surface area contributed by atoms with E-state index < -0.39 is 11.9 Å². The molecular formula is C17H16O4. The lowest BCUT2D eigenvalue weighted by Crippen LogP contribution is -2.16. The van der Waals surface area contributed by atoms with Gasteiger partial charge in [0.1, 0.15) is 0 Å². The molecule has 0 spiro atoms. The molecule has 0 bridgehead atoms. The van der Waals surface area contributed by atoms with Gasteiger partial charge in [-0.1, -0.05) is 30.4 Å². The summed E-state index contributed by atoms with van der Waals surface area (Å²) in [5, 5.41) is 9.42. The van der Waals surface area contributed by atoms with Crippen LogP contribution in [0.5, 0.6) is 0 Å². The van der Waals surface area contributed by atoms with Crippen LogP contribution in [0.15, 0.2) is 69.9 Å². The third kappa shape index (κ3) is 2.65. The standard InChI is InChI=1S/C17H16O4/c1-10-8-9-13(16(18)19)15(17(20)21-3)14-11(2)6-4-5-7-12(10)14/h4-9H,1-3H3,(H,18,19). The quantitative estimate of drug-likeness (QED) is 0.792. The number of methoxy groups -OCH3 is 1. The minimum absolute atomic E-state index is 0.0609. The summed E-state index contributed by atoms with van der Waals surface area (Å²) in [6.07, 6.45) is 10.6. The number of carboxylic acid groups (broad SMARTS) is 1. The molecule has 0 aromatic carbocycles. The van der Waals surface area contributed by atoms with Crippen molar-refractivity contribution in [1.29, 1.82) is 0 Å². The highest BCUT2D eigenvalue weighted by Gasteiger charge is 2.29. The second kappa shape index (κ2) is 5.79. The first-order chi connectivity index (χ1) is 9.97. The van der Waals surface area contributed by atoms with E-state index in [0.717, 1.165) is 16.7 Å². The zero-order valence-corrected chi connectivity index (χ0v) is 12.1. The van der Waals surface area contributed by atoms with Gasteiger partial charge in [0.15, 0.2) is 0 Å². The van der Waals surface area contributed by atoms with Gasteiger partial charge in [0.05, 0.1) is 18.3 Å². The summed E-state index contributed by atoms with van der Waals surface area (Å²) in [4.78, 5) is 23.7. The van der Waals surface area contributed by atoms with Crippen LogP contribution in [-0.2, 0) is 14.3 Å². The van der Waals surface area contributed by atoms with E-state index in [1.165, 1.54) is 13.2 Å². The molecule has 0 unspecified atom stereocenters. The number of hydrogen-bond donors (Lipinski definition) is 1. The normalized spacial score (nSPS) is 17.7. The number of allylic oxidation sites excluding steroid dienone is 10. The molecule has 0 fully saturated rings. The Morgan fingerprint density at radius 2 is 1.67 bits per heavy atom. The average molecular weight is 284 g/mol. The second-order valence-corrected chi connectivity index (χ2v) is 4.79. The highest BCUT2D eigenvalue weighted by molar-refractivity contribution is 6.08. The zero-order valence-electron chi connectivity index (χ0n) is 12.1. The Labute approximate surface area is 123 Å². The molecular weight excluding hydrogens is 268 g/mol. The number of carboxylic acids is 1. The van der Waals surface area contributed by atoms with Crippen LogP contribution >= 0.6 is 0 Å². The molecule has 0 saturated heterocycles. The van der Waals surface area contributed by atoms with Crippen molar-refractivity contribution in [3.63, 3.8) is 0 Å². The minimum Gasteiger partial charge on any atom is -0.478 e. The van der Waals surface area contributed by atoms with Gasteiger partial charge >= 0.3 is 11.9 Å². The Kier molecular flexibility index (Phi) is 4.08. The van der Waals surface area contributed by atoms with E-state index in [1.807, 2.05) is 38.2 Å². The maximum absolute atomic E-state index is 12.2. The number of carbonyl (C=O) groups is 2. The zero-order chi connectivity index (χ0) is 15.6. The van der Waals surface area contributed by atoms with Crippen molar-refractivity contribution in [2.75, 3.05) is 7.11 Å². The van der Waals surface area contributed by atoms with Crippen LogP contribution in [0.3, 0.4) is 0 Å². The highest BCUT2D eigenvalue weighted by Crippen LogP contribution is 2.35. The molecule has 0 radical (unpaired) electrons. The van der Waals surface area contributed by atoms with Crippen LogP contribution in [0.25, 0.3) is 0 Å². The Hall–Kier alpha value is -2.62. The van der Waals surface area contributed by atoms with Crippen LogP contribution < -0.4 is 0 Å². The molecule has 0 aliphatic heterocycles. The van der Waals surface area contributed by atoms with Gasteiger partial charge in [-0.05, 0) is 36.6 Å². The summed E-state index contributed by atoms with van der Waals surface area (Å²) in [6, 6.07) is 0. The maximum atomic E-state index is 12.2. The molecule has 2 aliphatic rings. The van der Waals surface area contributed by atoms with Gasteiger partial charge in [0, 0.05) is 5.57 Å². The third-order valence-corrected chi connectivity index (χ3v) is 3.45. The summed E-state index contributed by atoms with van der Waals surface area (Å²) < 4.78 is 4.80. The number of carbonyl (C=O) groups excluding carboxylic acids is 1.